The normalized spacial score (nSPS) is 31.4. The van der Waals surface area contributed by atoms with E-state index < -0.39 is 23.7 Å². The van der Waals surface area contributed by atoms with E-state index in [9.17, 15) is 14.7 Å². The molecule has 2 rings (SSSR count). The van der Waals surface area contributed by atoms with Gasteiger partial charge in [-0.25, -0.2) is 9.59 Å². The molecule has 0 saturated carbocycles. The lowest BCUT2D eigenvalue weighted by atomic mass is 9.94. The quantitative estimate of drug-likeness (QED) is 0.765. The lowest BCUT2D eigenvalue weighted by molar-refractivity contribution is -0.143. The summed E-state index contributed by atoms with van der Waals surface area (Å²) in [5.41, 5.74) is -0.603. The van der Waals surface area contributed by atoms with Crippen LogP contribution in [-0.4, -0.2) is 65.3 Å². The number of carbonyl (C=O) groups excluding carboxylic acids is 1. The first kappa shape index (κ1) is 14.1. The van der Waals surface area contributed by atoms with E-state index in [4.69, 9.17) is 4.74 Å². The molecule has 6 heteroatoms. The van der Waals surface area contributed by atoms with E-state index in [1.807, 2.05) is 7.05 Å². The minimum atomic E-state index is -0.936. The number of fused-ring (bicyclic) bond motifs is 1. The van der Waals surface area contributed by atoms with Gasteiger partial charge in [-0.1, -0.05) is 0 Å². The number of carbonyl (C=O) groups is 2. The summed E-state index contributed by atoms with van der Waals surface area (Å²) in [7, 11) is 1.98. The van der Waals surface area contributed by atoms with Crippen molar-refractivity contribution < 1.29 is 19.4 Å². The van der Waals surface area contributed by atoms with Crippen molar-refractivity contribution in [2.45, 2.75) is 32.4 Å². The van der Waals surface area contributed by atoms with Gasteiger partial charge in [0.1, 0.15) is 11.6 Å². The number of nitrogens with zero attached hydrogens (tertiary/aromatic N) is 2. The number of likely N-dealkylation sites (tertiary alicyclic amines) is 2. The molecular formula is C13H22N2O4. The molecule has 0 spiro atoms. The van der Waals surface area contributed by atoms with Gasteiger partial charge in [0.15, 0.2) is 0 Å². The lowest BCUT2D eigenvalue weighted by Gasteiger charge is -2.28. The van der Waals surface area contributed by atoms with Crippen molar-refractivity contribution in [3.05, 3.63) is 0 Å². The summed E-state index contributed by atoms with van der Waals surface area (Å²) < 4.78 is 5.30. The first-order chi connectivity index (χ1) is 8.69. The second kappa shape index (κ2) is 4.67. The van der Waals surface area contributed by atoms with Crippen LogP contribution in [0.5, 0.6) is 0 Å². The second-order valence-electron chi connectivity index (χ2n) is 6.56. The van der Waals surface area contributed by atoms with Crippen molar-refractivity contribution in [1.82, 2.24) is 9.80 Å². The van der Waals surface area contributed by atoms with Crippen molar-refractivity contribution in [3.8, 4) is 0 Å². The summed E-state index contributed by atoms with van der Waals surface area (Å²) in [4.78, 5) is 27.1. The molecular weight excluding hydrogens is 248 g/mol. The number of aliphatic carboxylic acids is 1. The molecule has 108 valence electrons. The molecule has 6 nitrogen and oxygen atoms in total. The molecule has 0 aliphatic carbocycles. The van der Waals surface area contributed by atoms with E-state index in [0.717, 1.165) is 13.1 Å². The van der Waals surface area contributed by atoms with E-state index in [1.165, 1.54) is 4.90 Å². The number of amides is 1. The van der Waals surface area contributed by atoms with E-state index >= 15 is 0 Å². The van der Waals surface area contributed by atoms with Crippen LogP contribution in [0.4, 0.5) is 4.79 Å². The molecule has 1 N–H and O–H groups in total. The van der Waals surface area contributed by atoms with Gasteiger partial charge >= 0.3 is 12.1 Å². The van der Waals surface area contributed by atoms with Crippen LogP contribution < -0.4 is 0 Å². The fourth-order valence-corrected chi connectivity index (χ4v) is 3.09. The topological polar surface area (TPSA) is 70.1 Å². The van der Waals surface area contributed by atoms with E-state index in [1.54, 1.807) is 20.8 Å². The zero-order chi connectivity index (χ0) is 14.4. The molecule has 0 radical (unpaired) electrons. The average Bonchev–Trinajstić information content (AvgIpc) is 2.69. The third-order valence-electron chi connectivity index (χ3n) is 3.73. The summed E-state index contributed by atoms with van der Waals surface area (Å²) in [6.45, 7) is 7.39. The maximum Gasteiger partial charge on any atom is 0.411 e. The Morgan fingerprint density at radius 2 is 1.84 bits per heavy atom. The molecule has 0 aromatic carbocycles. The van der Waals surface area contributed by atoms with Gasteiger partial charge < -0.3 is 14.7 Å². The van der Waals surface area contributed by atoms with Crippen molar-refractivity contribution in [3.63, 3.8) is 0 Å². The summed E-state index contributed by atoms with van der Waals surface area (Å²) in [5.74, 6) is -0.692. The van der Waals surface area contributed by atoms with Crippen LogP contribution in [0.3, 0.4) is 0 Å². The Morgan fingerprint density at radius 1 is 1.21 bits per heavy atom. The Labute approximate surface area is 113 Å². The molecule has 3 atom stereocenters. The number of hydrogen-bond acceptors (Lipinski definition) is 4. The summed E-state index contributed by atoms with van der Waals surface area (Å²) >= 11 is 0. The Bertz CT molecular complexity index is 391. The first-order valence-corrected chi connectivity index (χ1v) is 6.60. The van der Waals surface area contributed by atoms with E-state index in [2.05, 4.69) is 4.90 Å². The van der Waals surface area contributed by atoms with Gasteiger partial charge in [0.25, 0.3) is 0 Å². The van der Waals surface area contributed by atoms with Crippen LogP contribution in [0.1, 0.15) is 20.8 Å². The van der Waals surface area contributed by atoms with Gasteiger partial charge in [-0.2, -0.15) is 0 Å². The summed E-state index contributed by atoms with van der Waals surface area (Å²) in [6.07, 6.45) is -0.517. The van der Waals surface area contributed by atoms with Crippen molar-refractivity contribution in [2.75, 3.05) is 26.7 Å². The predicted molar refractivity (Wildman–Crippen MR) is 68.8 cm³/mol. The van der Waals surface area contributed by atoms with Gasteiger partial charge in [-0.05, 0) is 33.7 Å². The molecule has 0 aromatic rings. The first-order valence-electron chi connectivity index (χ1n) is 6.60. The zero-order valence-electron chi connectivity index (χ0n) is 11.9. The Hall–Kier alpha value is -1.30. The van der Waals surface area contributed by atoms with Crippen LogP contribution in [-0.2, 0) is 9.53 Å². The number of carboxylic acids is 1. The molecule has 0 unspecified atom stereocenters. The van der Waals surface area contributed by atoms with Crippen molar-refractivity contribution in [2.24, 2.45) is 11.8 Å². The van der Waals surface area contributed by atoms with Crippen LogP contribution >= 0.6 is 0 Å². The van der Waals surface area contributed by atoms with Gasteiger partial charge in [0.05, 0.1) is 0 Å². The monoisotopic (exact) mass is 270 g/mol. The maximum atomic E-state index is 12.1. The van der Waals surface area contributed by atoms with Gasteiger partial charge in [-0.15, -0.1) is 0 Å². The van der Waals surface area contributed by atoms with Gasteiger partial charge in [-0.3, -0.25) is 4.90 Å². The van der Waals surface area contributed by atoms with Crippen LogP contribution in [0.25, 0.3) is 0 Å². The fourth-order valence-electron chi connectivity index (χ4n) is 3.09. The number of hydrogen-bond donors (Lipinski definition) is 1. The molecule has 0 bridgehead atoms. The van der Waals surface area contributed by atoms with E-state index in [0.29, 0.717) is 6.54 Å². The molecule has 2 saturated heterocycles. The molecule has 2 aliphatic rings. The number of carboxylic acid groups (broad SMARTS) is 1. The van der Waals surface area contributed by atoms with Crippen LogP contribution in [0.2, 0.25) is 0 Å². The largest absolute Gasteiger partial charge is 0.480 e. The molecule has 2 heterocycles. The third-order valence-corrected chi connectivity index (χ3v) is 3.73. The minimum Gasteiger partial charge on any atom is -0.480 e. The zero-order valence-corrected chi connectivity index (χ0v) is 11.9. The molecule has 0 aromatic heterocycles. The molecule has 2 aliphatic heterocycles. The highest BCUT2D eigenvalue weighted by Crippen LogP contribution is 2.36. The molecule has 19 heavy (non-hydrogen) atoms. The second-order valence-corrected chi connectivity index (χ2v) is 6.56. The lowest BCUT2D eigenvalue weighted by Crippen LogP contribution is -2.46. The number of ether oxygens (including phenoxy) is 1. The smallest absolute Gasteiger partial charge is 0.411 e. The molecule has 1 amide bonds. The maximum absolute atomic E-state index is 12.1. The average molecular weight is 270 g/mol. The SMILES string of the molecule is CN1C[C@H]2CN(C(=O)OC(C)(C)C)[C@H](C(=O)O)[C@H]2C1. The van der Waals surface area contributed by atoms with Gasteiger partial charge in [0, 0.05) is 25.6 Å². The Balaban J connectivity index is 2.13. The Kier molecular flexibility index (Phi) is 3.47. The van der Waals surface area contributed by atoms with E-state index in [-0.39, 0.29) is 11.8 Å². The summed E-state index contributed by atoms with van der Waals surface area (Å²) in [6, 6.07) is -0.759. The summed E-state index contributed by atoms with van der Waals surface area (Å²) in [5, 5.41) is 9.40. The van der Waals surface area contributed by atoms with Crippen LogP contribution in [0.15, 0.2) is 0 Å². The van der Waals surface area contributed by atoms with Gasteiger partial charge in [0.2, 0.25) is 0 Å². The fraction of sp³-hybridized carbons (Fsp3) is 0.846. The highest BCUT2D eigenvalue weighted by Gasteiger charge is 2.52. The van der Waals surface area contributed by atoms with Crippen molar-refractivity contribution in [1.29, 1.82) is 0 Å². The highest BCUT2D eigenvalue weighted by molar-refractivity contribution is 5.81. The predicted octanol–water partition coefficient (Wildman–Crippen LogP) is 0.868. The highest BCUT2D eigenvalue weighted by atomic mass is 16.6. The Morgan fingerprint density at radius 3 is 2.37 bits per heavy atom. The van der Waals surface area contributed by atoms with Crippen molar-refractivity contribution >= 4 is 12.1 Å². The van der Waals surface area contributed by atoms with Crippen LogP contribution in [0, 0.1) is 11.8 Å². The standard InChI is InChI=1S/C13H22N2O4/c1-13(2,3)19-12(18)15-6-8-5-14(4)7-9(8)10(15)11(16)17/h8-10H,5-7H2,1-4H3,(H,16,17)/t8-,9-,10-/m0/s1. The molecule has 2 fully saturated rings. The third kappa shape index (κ3) is 2.83. The minimum absolute atomic E-state index is 0.00928. The number of rotatable bonds is 1.